The van der Waals surface area contributed by atoms with Gasteiger partial charge in [-0.05, 0) is 31.7 Å². The molecule has 0 bridgehead atoms. The van der Waals surface area contributed by atoms with E-state index < -0.39 is 0 Å². The Morgan fingerprint density at radius 3 is 2.71 bits per heavy atom. The zero-order valence-electron chi connectivity index (χ0n) is 9.38. The Labute approximate surface area is 86.2 Å². The van der Waals surface area contributed by atoms with Gasteiger partial charge < -0.3 is 10.1 Å². The molecule has 0 aromatic rings. The summed E-state index contributed by atoms with van der Waals surface area (Å²) < 4.78 is 4.79. The minimum Gasteiger partial charge on any atom is -0.468 e. The van der Waals surface area contributed by atoms with Gasteiger partial charge in [-0.1, -0.05) is 19.8 Å². The molecule has 0 heterocycles. The number of likely N-dealkylation sites (N-methyl/N-ethyl adjacent to an activating group) is 1. The van der Waals surface area contributed by atoms with Gasteiger partial charge in [-0.25, -0.2) is 0 Å². The van der Waals surface area contributed by atoms with Crippen LogP contribution in [-0.4, -0.2) is 26.2 Å². The molecule has 0 saturated heterocycles. The monoisotopic (exact) mass is 199 g/mol. The summed E-state index contributed by atoms with van der Waals surface area (Å²) in [4.78, 5) is 11.5. The van der Waals surface area contributed by atoms with Crippen molar-refractivity contribution in [1.82, 2.24) is 5.32 Å². The van der Waals surface area contributed by atoms with E-state index in [4.69, 9.17) is 4.74 Å². The van der Waals surface area contributed by atoms with Gasteiger partial charge in [0.15, 0.2) is 0 Å². The van der Waals surface area contributed by atoms with Crippen LogP contribution in [0.25, 0.3) is 0 Å². The molecule has 0 radical (unpaired) electrons. The topological polar surface area (TPSA) is 38.3 Å². The number of ether oxygens (including phenoxy) is 1. The molecule has 14 heavy (non-hydrogen) atoms. The van der Waals surface area contributed by atoms with Gasteiger partial charge in [-0.15, -0.1) is 0 Å². The SMILES string of the molecule is CNC(C(=O)OC)C1CCCC(C)C1. The van der Waals surface area contributed by atoms with Crippen molar-refractivity contribution >= 4 is 5.97 Å². The number of carbonyl (C=O) groups is 1. The second-order valence-electron chi connectivity index (χ2n) is 4.32. The predicted molar refractivity (Wildman–Crippen MR) is 56.0 cm³/mol. The zero-order chi connectivity index (χ0) is 10.6. The molecule has 0 aliphatic heterocycles. The molecular weight excluding hydrogens is 178 g/mol. The van der Waals surface area contributed by atoms with E-state index in [1.54, 1.807) is 0 Å². The molecule has 82 valence electrons. The Kier molecular flexibility index (Phi) is 4.39. The predicted octanol–water partition coefficient (Wildman–Crippen LogP) is 1.57. The molecule has 3 unspecified atom stereocenters. The van der Waals surface area contributed by atoms with Crippen molar-refractivity contribution in [3.8, 4) is 0 Å². The molecule has 0 amide bonds. The van der Waals surface area contributed by atoms with Gasteiger partial charge in [0, 0.05) is 0 Å². The van der Waals surface area contributed by atoms with E-state index in [-0.39, 0.29) is 12.0 Å². The summed E-state index contributed by atoms with van der Waals surface area (Å²) in [6, 6.07) is -0.109. The average molecular weight is 199 g/mol. The summed E-state index contributed by atoms with van der Waals surface area (Å²) in [7, 11) is 3.29. The average Bonchev–Trinajstić information content (AvgIpc) is 2.19. The van der Waals surface area contributed by atoms with E-state index in [0.29, 0.717) is 5.92 Å². The van der Waals surface area contributed by atoms with Gasteiger partial charge in [0.2, 0.25) is 0 Å². The van der Waals surface area contributed by atoms with Crippen molar-refractivity contribution in [1.29, 1.82) is 0 Å². The molecule has 1 N–H and O–H groups in total. The van der Waals surface area contributed by atoms with Crippen LogP contribution in [0.3, 0.4) is 0 Å². The summed E-state index contributed by atoms with van der Waals surface area (Å²) in [5.41, 5.74) is 0. The number of nitrogens with one attached hydrogen (secondary N) is 1. The van der Waals surface area contributed by atoms with Crippen molar-refractivity contribution in [2.75, 3.05) is 14.2 Å². The van der Waals surface area contributed by atoms with Gasteiger partial charge in [-0.2, -0.15) is 0 Å². The molecule has 1 rings (SSSR count). The number of carbonyl (C=O) groups excluding carboxylic acids is 1. The third-order valence-corrected chi connectivity index (χ3v) is 3.21. The van der Waals surface area contributed by atoms with E-state index >= 15 is 0 Å². The third kappa shape index (κ3) is 2.71. The zero-order valence-corrected chi connectivity index (χ0v) is 9.38. The molecule has 3 atom stereocenters. The fourth-order valence-corrected chi connectivity index (χ4v) is 2.46. The molecular formula is C11H21NO2. The van der Waals surface area contributed by atoms with Crippen LogP contribution in [-0.2, 0) is 9.53 Å². The fourth-order valence-electron chi connectivity index (χ4n) is 2.46. The first-order valence-corrected chi connectivity index (χ1v) is 5.44. The number of hydrogen-bond acceptors (Lipinski definition) is 3. The van der Waals surface area contributed by atoms with Gasteiger partial charge in [0.25, 0.3) is 0 Å². The highest BCUT2D eigenvalue weighted by molar-refractivity contribution is 5.76. The van der Waals surface area contributed by atoms with Crippen LogP contribution < -0.4 is 5.32 Å². The van der Waals surface area contributed by atoms with E-state index in [1.807, 2.05) is 7.05 Å². The molecule has 1 aliphatic rings. The first kappa shape index (κ1) is 11.5. The second kappa shape index (κ2) is 5.35. The van der Waals surface area contributed by atoms with Crippen LogP contribution in [0.1, 0.15) is 32.6 Å². The van der Waals surface area contributed by atoms with Crippen molar-refractivity contribution < 1.29 is 9.53 Å². The van der Waals surface area contributed by atoms with Crippen LogP contribution >= 0.6 is 0 Å². The molecule has 0 aromatic heterocycles. The Morgan fingerprint density at radius 1 is 1.50 bits per heavy atom. The molecule has 0 spiro atoms. The number of esters is 1. The smallest absolute Gasteiger partial charge is 0.323 e. The maximum Gasteiger partial charge on any atom is 0.323 e. The first-order chi connectivity index (χ1) is 6.69. The largest absolute Gasteiger partial charge is 0.468 e. The van der Waals surface area contributed by atoms with Crippen LogP contribution in [0.5, 0.6) is 0 Å². The Hall–Kier alpha value is -0.570. The van der Waals surface area contributed by atoms with Crippen LogP contribution in [0.15, 0.2) is 0 Å². The van der Waals surface area contributed by atoms with Crippen LogP contribution in [0.4, 0.5) is 0 Å². The highest BCUT2D eigenvalue weighted by Gasteiger charge is 2.30. The van der Waals surface area contributed by atoms with Gasteiger partial charge in [0.1, 0.15) is 6.04 Å². The van der Waals surface area contributed by atoms with E-state index in [0.717, 1.165) is 18.8 Å². The van der Waals surface area contributed by atoms with Crippen molar-refractivity contribution in [2.24, 2.45) is 11.8 Å². The van der Waals surface area contributed by atoms with Gasteiger partial charge >= 0.3 is 5.97 Å². The number of methoxy groups -OCH3 is 1. The summed E-state index contributed by atoms with van der Waals surface area (Å²) in [6.07, 6.45) is 4.82. The molecule has 1 fully saturated rings. The lowest BCUT2D eigenvalue weighted by Crippen LogP contribution is -2.43. The van der Waals surface area contributed by atoms with Crippen molar-refractivity contribution in [3.05, 3.63) is 0 Å². The highest BCUT2D eigenvalue weighted by Crippen LogP contribution is 2.30. The van der Waals surface area contributed by atoms with Crippen molar-refractivity contribution in [2.45, 2.75) is 38.6 Å². The van der Waals surface area contributed by atoms with E-state index in [1.165, 1.54) is 20.0 Å². The summed E-state index contributed by atoms with van der Waals surface area (Å²) in [5.74, 6) is 1.08. The normalized spacial score (nSPS) is 29.6. The van der Waals surface area contributed by atoms with Crippen LogP contribution in [0.2, 0.25) is 0 Å². The second-order valence-corrected chi connectivity index (χ2v) is 4.32. The first-order valence-electron chi connectivity index (χ1n) is 5.44. The quantitative estimate of drug-likeness (QED) is 0.701. The highest BCUT2D eigenvalue weighted by atomic mass is 16.5. The maximum absolute atomic E-state index is 11.5. The lowest BCUT2D eigenvalue weighted by molar-refractivity contribution is -0.145. The molecule has 0 aromatic carbocycles. The lowest BCUT2D eigenvalue weighted by Gasteiger charge is -2.31. The molecule has 3 heteroatoms. The minimum absolute atomic E-state index is 0.109. The summed E-state index contributed by atoms with van der Waals surface area (Å²) >= 11 is 0. The molecule has 1 aliphatic carbocycles. The number of rotatable bonds is 3. The third-order valence-electron chi connectivity index (χ3n) is 3.21. The van der Waals surface area contributed by atoms with E-state index in [9.17, 15) is 4.79 Å². The van der Waals surface area contributed by atoms with Gasteiger partial charge in [-0.3, -0.25) is 4.79 Å². The molecule has 1 saturated carbocycles. The Balaban J connectivity index is 2.54. The summed E-state index contributed by atoms with van der Waals surface area (Å²) in [5, 5.41) is 3.07. The summed E-state index contributed by atoms with van der Waals surface area (Å²) in [6.45, 7) is 2.26. The van der Waals surface area contributed by atoms with Crippen molar-refractivity contribution in [3.63, 3.8) is 0 Å². The van der Waals surface area contributed by atoms with Gasteiger partial charge in [0.05, 0.1) is 7.11 Å². The minimum atomic E-state index is -0.119. The Bertz CT molecular complexity index is 194. The standard InChI is InChI=1S/C11H21NO2/c1-8-5-4-6-9(7-8)10(12-2)11(13)14-3/h8-10,12H,4-7H2,1-3H3. The van der Waals surface area contributed by atoms with Crippen LogP contribution in [0, 0.1) is 11.8 Å². The Morgan fingerprint density at radius 2 is 2.21 bits per heavy atom. The number of hydrogen-bond donors (Lipinski definition) is 1. The molecule has 3 nitrogen and oxygen atoms in total. The fraction of sp³-hybridized carbons (Fsp3) is 0.909. The van der Waals surface area contributed by atoms with E-state index in [2.05, 4.69) is 12.2 Å². The maximum atomic E-state index is 11.5. The lowest BCUT2D eigenvalue weighted by atomic mass is 9.78.